The predicted molar refractivity (Wildman–Crippen MR) is 136 cm³/mol. The van der Waals surface area contributed by atoms with E-state index in [1.807, 2.05) is 29.4 Å². The van der Waals surface area contributed by atoms with Crippen LogP contribution in [-0.4, -0.2) is 66.6 Å². The number of nitrogens with one attached hydrogen (secondary N) is 1. The molecule has 182 valence electrons. The van der Waals surface area contributed by atoms with Crippen molar-refractivity contribution in [2.75, 3.05) is 39.9 Å². The van der Waals surface area contributed by atoms with Crippen LogP contribution in [0.25, 0.3) is 0 Å². The second-order valence-electron chi connectivity index (χ2n) is 9.21. The summed E-state index contributed by atoms with van der Waals surface area (Å²) < 4.78 is 5.23. The smallest absolute Gasteiger partial charge is 0.222 e. The Kier molecular flexibility index (Phi) is 10.6. The quantitative estimate of drug-likeness (QED) is 0.516. The molecule has 2 aliphatic heterocycles. The number of aromatic nitrogens is 1. The number of fused-ring (bicyclic) bond motifs is 2. The average Bonchev–Trinajstić information content (AvgIpc) is 3.32. The molecule has 2 saturated heterocycles. The van der Waals surface area contributed by atoms with Gasteiger partial charge in [-0.15, -0.1) is 23.7 Å². The minimum absolute atomic E-state index is 0. The molecule has 1 amide bonds. The van der Waals surface area contributed by atoms with Gasteiger partial charge in [0, 0.05) is 63.0 Å². The highest BCUT2D eigenvalue weighted by molar-refractivity contribution is 7.09. The Hall–Kier alpha value is -1.51. The van der Waals surface area contributed by atoms with Crippen molar-refractivity contribution in [2.24, 2.45) is 11.8 Å². The van der Waals surface area contributed by atoms with Gasteiger partial charge in [0.1, 0.15) is 0 Å². The lowest BCUT2D eigenvalue weighted by Crippen LogP contribution is -2.55. The first-order chi connectivity index (χ1) is 15.7. The number of likely N-dealkylation sites (tertiary alicyclic amines) is 1. The number of ether oxygens (including phenoxy) is 1. The zero-order valence-electron chi connectivity index (χ0n) is 19.5. The van der Waals surface area contributed by atoms with Crippen molar-refractivity contribution in [3.05, 3.63) is 52.5 Å². The fraction of sp³-hybridized carbons (Fsp3) is 0.600. The normalized spacial score (nSPS) is 22.5. The summed E-state index contributed by atoms with van der Waals surface area (Å²) in [6.07, 6.45) is 7.76. The van der Waals surface area contributed by atoms with E-state index in [0.717, 1.165) is 38.4 Å². The highest BCUT2D eigenvalue weighted by Gasteiger charge is 2.36. The number of halogens is 1. The van der Waals surface area contributed by atoms with Crippen LogP contribution in [0, 0.1) is 11.8 Å². The molecular weight excluding hydrogens is 456 g/mol. The number of methoxy groups -OCH3 is 1. The van der Waals surface area contributed by atoms with Crippen LogP contribution in [0.2, 0.25) is 0 Å². The second-order valence-corrected chi connectivity index (χ2v) is 10.2. The molecule has 6 nitrogen and oxygen atoms in total. The molecule has 3 atom stereocenters. The van der Waals surface area contributed by atoms with Crippen molar-refractivity contribution in [1.29, 1.82) is 0 Å². The van der Waals surface area contributed by atoms with Crippen LogP contribution in [0.5, 0.6) is 0 Å². The lowest BCUT2D eigenvalue weighted by atomic mass is 9.79. The van der Waals surface area contributed by atoms with Gasteiger partial charge in [0.15, 0.2) is 0 Å². The maximum absolute atomic E-state index is 12.9. The Morgan fingerprint density at radius 2 is 2.24 bits per heavy atom. The van der Waals surface area contributed by atoms with Crippen molar-refractivity contribution in [3.8, 4) is 0 Å². The van der Waals surface area contributed by atoms with Gasteiger partial charge in [0.25, 0.3) is 0 Å². The lowest BCUT2D eigenvalue weighted by Gasteiger charge is -2.46. The maximum Gasteiger partial charge on any atom is 0.222 e. The fourth-order valence-electron chi connectivity index (χ4n) is 5.20. The van der Waals surface area contributed by atoms with Crippen LogP contribution < -0.4 is 5.32 Å². The van der Waals surface area contributed by atoms with Crippen LogP contribution in [0.15, 0.2) is 42.0 Å². The lowest BCUT2D eigenvalue weighted by molar-refractivity contribution is -0.132. The summed E-state index contributed by atoms with van der Waals surface area (Å²) in [5.41, 5.74) is 1.30. The summed E-state index contributed by atoms with van der Waals surface area (Å²) in [6, 6.07) is 8.85. The number of rotatable bonds is 11. The third-order valence-electron chi connectivity index (χ3n) is 6.76. The Morgan fingerprint density at radius 3 is 3.00 bits per heavy atom. The topological polar surface area (TPSA) is 57.7 Å². The molecule has 1 N–H and O–H groups in total. The van der Waals surface area contributed by atoms with Gasteiger partial charge < -0.3 is 15.0 Å². The number of piperidine rings is 2. The molecular formula is C25H37ClN4O2S. The molecule has 2 fully saturated rings. The van der Waals surface area contributed by atoms with Crippen molar-refractivity contribution >= 4 is 29.7 Å². The molecule has 2 aliphatic rings. The summed E-state index contributed by atoms with van der Waals surface area (Å²) in [4.78, 5) is 23.0. The van der Waals surface area contributed by atoms with Gasteiger partial charge in [-0.05, 0) is 60.7 Å². The predicted octanol–water partition coefficient (Wildman–Crippen LogP) is 3.82. The zero-order chi connectivity index (χ0) is 22.2. The fourth-order valence-corrected chi connectivity index (χ4v) is 5.92. The van der Waals surface area contributed by atoms with Crippen molar-refractivity contribution in [2.45, 2.75) is 44.8 Å². The Morgan fingerprint density at radius 1 is 1.33 bits per heavy atom. The van der Waals surface area contributed by atoms with Gasteiger partial charge in [-0.25, -0.2) is 0 Å². The zero-order valence-corrected chi connectivity index (χ0v) is 21.2. The first-order valence-electron chi connectivity index (χ1n) is 11.8. The third kappa shape index (κ3) is 7.76. The molecule has 0 aromatic carbocycles. The maximum atomic E-state index is 12.9. The third-order valence-corrected chi connectivity index (χ3v) is 7.62. The Balaban J connectivity index is 0.00000306. The summed E-state index contributed by atoms with van der Waals surface area (Å²) in [6.45, 7) is 6.31. The van der Waals surface area contributed by atoms with Gasteiger partial charge in [-0.3, -0.25) is 14.7 Å². The van der Waals surface area contributed by atoms with Crippen LogP contribution >= 0.6 is 23.7 Å². The summed E-state index contributed by atoms with van der Waals surface area (Å²) >= 11 is 1.71. The van der Waals surface area contributed by atoms with E-state index in [-0.39, 0.29) is 18.3 Å². The molecule has 0 unspecified atom stereocenters. The monoisotopic (exact) mass is 492 g/mol. The van der Waals surface area contributed by atoms with Crippen LogP contribution in [0.3, 0.4) is 0 Å². The number of amides is 1. The van der Waals surface area contributed by atoms with Gasteiger partial charge in [0.05, 0.1) is 13.2 Å². The van der Waals surface area contributed by atoms with Gasteiger partial charge in [-0.1, -0.05) is 12.1 Å². The Labute approximate surface area is 208 Å². The first-order valence-corrected chi connectivity index (χ1v) is 12.7. The number of pyridine rings is 1. The highest BCUT2D eigenvalue weighted by atomic mass is 35.5. The van der Waals surface area contributed by atoms with E-state index >= 15 is 0 Å². The van der Waals surface area contributed by atoms with E-state index in [4.69, 9.17) is 4.74 Å². The molecule has 33 heavy (non-hydrogen) atoms. The van der Waals surface area contributed by atoms with Gasteiger partial charge >= 0.3 is 0 Å². The van der Waals surface area contributed by atoms with Crippen molar-refractivity contribution in [3.63, 3.8) is 0 Å². The summed E-state index contributed by atoms with van der Waals surface area (Å²) in [5, 5.41) is 5.86. The summed E-state index contributed by atoms with van der Waals surface area (Å²) in [7, 11) is 1.69. The number of thiophene rings is 1. The molecule has 0 aliphatic carbocycles. The number of carbonyl (C=O) groups is 1. The van der Waals surface area contributed by atoms with E-state index in [0.29, 0.717) is 38.1 Å². The van der Waals surface area contributed by atoms with Crippen molar-refractivity contribution < 1.29 is 9.53 Å². The van der Waals surface area contributed by atoms with Crippen LogP contribution in [0.1, 0.15) is 36.1 Å². The number of carbonyl (C=O) groups excluding carboxylic acids is 1. The molecule has 0 radical (unpaired) electrons. The largest absolute Gasteiger partial charge is 0.383 e. The highest BCUT2D eigenvalue weighted by Crippen LogP contribution is 2.31. The number of nitrogens with zero attached hydrogens (tertiary/aromatic N) is 3. The second kappa shape index (κ2) is 13.4. The molecule has 2 aromatic heterocycles. The van der Waals surface area contributed by atoms with Crippen LogP contribution in [0.4, 0.5) is 0 Å². The molecule has 8 heteroatoms. The van der Waals surface area contributed by atoms with E-state index in [1.165, 1.54) is 23.4 Å². The number of hydrogen-bond acceptors (Lipinski definition) is 6. The van der Waals surface area contributed by atoms with Crippen LogP contribution in [-0.2, 0) is 22.6 Å². The minimum Gasteiger partial charge on any atom is -0.383 e. The first kappa shape index (κ1) is 26.1. The molecule has 4 rings (SSSR count). The molecule has 2 aromatic rings. The SMILES string of the molecule is COCCN(Cc1cccs1)C(=O)CCC[C@H]1NC[C@@H]2C[C@@H]1CN(Cc1cccnc1)C2.Cl. The number of hydrogen-bond donors (Lipinski definition) is 1. The standard InChI is InChI=1S/C25H36N4O2S.ClH/c1-31-11-10-29(19-23-6-4-12-32-23)25(30)8-2-7-24-22-13-21(15-27-24)17-28(18-22)16-20-5-3-9-26-14-20;/h3-6,9,12,14,21-22,24,27H,2,7-8,10-11,13,15-19H2,1H3;1H/t21-,22+,24+;/m0./s1. The van der Waals surface area contributed by atoms with Gasteiger partial charge in [0.2, 0.25) is 5.91 Å². The Bertz CT molecular complexity index is 823. The van der Waals surface area contributed by atoms with E-state index in [9.17, 15) is 4.79 Å². The molecule has 0 saturated carbocycles. The molecule has 4 heterocycles. The van der Waals surface area contributed by atoms with Crippen molar-refractivity contribution in [1.82, 2.24) is 20.1 Å². The minimum atomic E-state index is 0. The molecule has 2 bridgehead atoms. The molecule has 0 spiro atoms. The summed E-state index contributed by atoms with van der Waals surface area (Å²) in [5.74, 6) is 1.65. The van der Waals surface area contributed by atoms with Gasteiger partial charge in [-0.2, -0.15) is 0 Å². The average molecular weight is 493 g/mol. The van der Waals surface area contributed by atoms with E-state index < -0.39 is 0 Å². The van der Waals surface area contributed by atoms with E-state index in [2.05, 4.69) is 32.7 Å². The van der Waals surface area contributed by atoms with E-state index in [1.54, 1.807) is 18.4 Å².